The molecule has 0 aromatic heterocycles. The van der Waals surface area contributed by atoms with Crippen molar-refractivity contribution >= 4 is 39.1 Å². The zero-order valence-corrected chi connectivity index (χ0v) is 12.6. The summed E-state index contributed by atoms with van der Waals surface area (Å²) in [6, 6.07) is 2.53. The number of nitrogens with two attached hydrogens (primary N) is 1. The van der Waals surface area contributed by atoms with Crippen molar-refractivity contribution in [1.29, 1.82) is 0 Å². The topological polar surface area (TPSA) is 55.1 Å². The van der Waals surface area contributed by atoms with E-state index in [2.05, 4.69) is 21.2 Å². The van der Waals surface area contributed by atoms with Gasteiger partial charge < -0.3 is 11.1 Å². The minimum absolute atomic E-state index is 0.0802. The summed E-state index contributed by atoms with van der Waals surface area (Å²) in [5.41, 5.74) is 6.28. The largest absolute Gasteiger partial charge is 0.328 e. The number of nitrogens with one attached hydrogen (secondary N) is 1. The molecule has 0 radical (unpaired) electrons. The van der Waals surface area contributed by atoms with E-state index in [1.807, 2.05) is 0 Å². The monoisotopic (exact) mass is 348 g/mol. The Hall–Kier alpha value is -0.650. The maximum absolute atomic E-state index is 13.1. The Morgan fingerprint density at radius 1 is 1.47 bits per heavy atom. The molecular weight excluding hydrogens is 335 g/mol. The van der Waals surface area contributed by atoms with Crippen molar-refractivity contribution in [3.8, 4) is 0 Å². The van der Waals surface area contributed by atoms with Crippen LogP contribution in [0.15, 0.2) is 16.6 Å². The van der Waals surface area contributed by atoms with E-state index >= 15 is 0 Å². The number of anilines is 1. The number of amides is 1. The summed E-state index contributed by atoms with van der Waals surface area (Å²) in [5, 5.41) is 2.94. The molecule has 3 nitrogen and oxygen atoms in total. The molecule has 3 N–H and O–H groups in total. The lowest BCUT2D eigenvalue weighted by Gasteiger charge is -2.26. The second-order valence-electron chi connectivity index (χ2n) is 4.86. The van der Waals surface area contributed by atoms with Crippen molar-refractivity contribution in [3.63, 3.8) is 0 Å². The van der Waals surface area contributed by atoms with Crippen LogP contribution in [0.1, 0.15) is 25.7 Å². The smallest absolute Gasteiger partial charge is 0.227 e. The summed E-state index contributed by atoms with van der Waals surface area (Å²) in [6.07, 6.45) is 3.43. The second-order valence-corrected chi connectivity index (χ2v) is 6.12. The van der Waals surface area contributed by atoms with Crippen LogP contribution in [-0.4, -0.2) is 11.9 Å². The molecule has 0 saturated heterocycles. The van der Waals surface area contributed by atoms with Gasteiger partial charge in [0, 0.05) is 16.4 Å². The van der Waals surface area contributed by atoms with Crippen LogP contribution in [0.5, 0.6) is 0 Å². The molecule has 1 saturated carbocycles. The van der Waals surface area contributed by atoms with Crippen LogP contribution in [0.4, 0.5) is 10.1 Å². The molecule has 6 heteroatoms. The lowest BCUT2D eigenvalue weighted by atomic mass is 9.85. The van der Waals surface area contributed by atoms with E-state index in [0.29, 0.717) is 16.6 Å². The van der Waals surface area contributed by atoms with Gasteiger partial charge in [0.05, 0.1) is 10.7 Å². The molecule has 0 aliphatic heterocycles. The van der Waals surface area contributed by atoms with E-state index in [0.717, 1.165) is 19.3 Å². The van der Waals surface area contributed by atoms with E-state index in [4.69, 9.17) is 17.3 Å². The number of hydrogen-bond donors (Lipinski definition) is 2. The summed E-state index contributed by atoms with van der Waals surface area (Å²) in [5.74, 6) is -0.657. The number of hydrogen-bond acceptors (Lipinski definition) is 2. The zero-order valence-electron chi connectivity index (χ0n) is 10.3. The van der Waals surface area contributed by atoms with Crippen LogP contribution < -0.4 is 11.1 Å². The van der Waals surface area contributed by atoms with Gasteiger partial charge in [-0.15, -0.1) is 0 Å². The first-order chi connectivity index (χ1) is 8.97. The van der Waals surface area contributed by atoms with E-state index in [9.17, 15) is 9.18 Å². The summed E-state index contributed by atoms with van der Waals surface area (Å²) in [7, 11) is 0. The van der Waals surface area contributed by atoms with Crippen molar-refractivity contribution in [2.24, 2.45) is 11.7 Å². The summed E-state index contributed by atoms with van der Waals surface area (Å²) in [6.45, 7) is 0. The zero-order chi connectivity index (χ0) is 14.0. The molecule has 2 rings (SSSR count). The SMILES string of the molecule is NC1CCCC(C(=O)Nc2c(Cl)cc(F)cc2Br)C1. The molecule has 1 aromatic carbocycles. The number of benzene rings is 1. The van der Waals surface area contributed by atoms with Gasteiger partial charge >= 0.3 is 0 Å². The first-order valence-electron chi connectivity index (χ1n) is 6.18. The van der Waals surface area contributed by atoms with Gasteiger partial charge in [0.15, 0.2) is 0 Å². The van der Waals surface area contributed by atoms with Gasteiger partial charge in [-0.2, -0.15) is 0 Å². The molecule has 0 spiro atoms. The highest BCUT2D eigenvalue weighted by Crippen LogP contribution is 2.33. The molecular formula is C13H15BrClFN2O. The third kappa shape index (κ3) is 3.68. The molecule has 1 amide bonds. The summed E-state index contributed by atoms with van der Waals surface area (Å²) >= 11 is 9.14. The molecule has 1 fully saturated rings. The molecule has 19 heavy (non-hydrogen) atoms. The molecule has 104 valence electrons. The minimum atomic E-state index is -0.449. The third-order valence-electron chi connectivity index (χ3n) is 3.34. The highest BCUT2D eigenvalue weighted by Gasteiger charge is 2.26. The normalized spacial score (nSPS) is 23.2. The van der Waals surface area contributed by atoms with Crippen LogP contribution >= 0.6 is 27.5 Å². The molecule has 1 aromatic rings. The van der Waals surface area contributed by atoms with E-state index in [1.54, 1.807) is 0 Å². The second kappa shape index (κ2) is 6.20. The van der Waals surface area contributed by atoms with Crippen molar-refractivity contribution in [2.45, 2.75) is 31.7 Å². The molecule has 1 aliphatic carbocycles. The minimum Gasteiger partial charge on any atom is -0.328 e. The van der Waals surface area contributed by atoms with Crippen LogP contribution in [0.3, 0.4) is 0 Å². The molecule has 0 bridgehead atoms. The van der Waals surface area contributed by atoms with E-state index in [1.165, 1.54) is 12.1 Å². The van der Waals surface area contributed by atoms with Gasteiger partial charge in [0.25, 0.3) is 0 Å². The maximum Gasteiger partial charge on any atom is 0.227 e. The van der Waals surface area contributed by atoms with Crippen molar-refractivity contribution in [2.75, 3.05) is 5.32 Å². The lowest BCUT2D eigenvalue weighted by Crippen LogP contribution is -2.34. The Bertz CT molecular complexity index is 475. The fraction of sp³-hybridized carbons (Fsp3) is 0.462. The van der Waals surface area contributed by atoms with E-state index in [-0.39, 0.29) is 22.9 Å². The Labute approximate surface area is 124 Å². The predicted octanol–water partition coefficient (Wildman–Crippen LogP) is 3.70. The van der Waals surface area contributed by atoms with Gasteiger partial charge in [-0.25, -0.2) is 4.39 Å². The first-order valence-corrected chi connectivity index (χ1v) is 7.35. The number of rotatable bonds is 2. The highest BCUT2D eigenvalue weighted by molar-refractivity contribution is 9.10. The Balaban J connectivity index is 2.10. The third-order valence-corrected chi connectivity index (χ3v) is 4.26. The lowest BCUT2D eigenvalue weighted by molar-refractivity contribution is -0.120. The Morgan fingerprint density at radius 3 is 2.84 bits per heavy atom. The van der Waals surface area contributed by atoms with Crippen molar-refractivity contribution < 1.29 is 9.18 Å². The van der Waals surface area contributed by atoms with Gasteiger partial charge in [-0.1, -0.05) is 18.0 Å². The average molecular weight is 350 g/mol. The number of carbonyl (C=O) groups excluding carboxylic acids is 1. The quantitative estimate of drug-likeness (QED) is 0.855. The van der Waals surface area contributed by atoms with Crippen LogP contribution in [0.2, 0.25) is 5.02 Å². The van der Waals surface area contributed by atoms with Crippen LogP contribution in [-0.2, 0) is 4.79 Å². The summed E-state index contributed by atoms with van der Waals surface area (Å²) < 4.78 is 13.5. The number of carbonyl (C=O) groups is 1. The van der Waals surface area contributed by atoms with Gasteiger partial charge in [-0.3, -0.25) is 4.79 Å². The van der Waals surface area contributed by atoms with Crippen molar-refractivity contribution in [1.82, 2.24) is 0 Å². The Morgan fingerprint density at radius 2 is 2.21 bits per heavy atom. The molecule has 0 heterocycles. The average Bonchev–Trinajstić information content (AvgIpc) is 2.33. The first kappa shape index (κ1) is 14.8. The summed E-state index contributed by atoms with van der Waals surface area (Å²) in [4.78, 5) is 12.2. The molecule has 2 atom stereocenters. The fourth-order valence-electron chi connectivity index (χ4n) is 2.35. The predicted molar refractivity (Wildman–Crippen MR) is 77.7 cm³/mol. The fourth-order valence-corrected chi connectivity index (χ4v) is 3.25. The standard InChI is InChI=1S/C13H15BrClFN2O/c14-10-5-8(16)6-11(15)12(10)18-13(19)7-2-1-3-9(17)4-7/h5-7,9H,1-4,17H2,(H,18,19). The van der Waals surface area contributed by atoms with Gasteiger partial charge in [0.2, 0.25) is 5.91 Å². The molecule has 1 aliphatic rings. The van der Waals surface area contributed by atoms with Gasteiger partial charge in [-0.05, 0) is 47.3 Å². The maximum atomic E-state index is 13.1. The number of halogens is 3. The van der Waals surface area contributed by atoms with Crippen molar-refractivity contribution in [3.05, 3.63) is 27.4 Å². The van der Waals surface area contributed by atoms with Crippen LogP contribution in [0.25, 0.3) is 0 Å². The molecule has 2 unspecified atom stereocenters. The highest BCUT2D eigenvalue weighted by atomic mass is 79.9. The van der Waals surface area contributed by atoms with E-state index < -0.39 is 5.82 Å². The van der Waals surface area contributed by atoms with Gasteiger partial charge in [0.1, 0.15) is 5.82 Å². The van der Waals surface area contributed by atoms with Crippen LogP contribution in [0, 0.1) is 11.7 Å². The Kier molecular flexibility index (Phi) is 4.81.